The molecule has 306 valence electrons. The monoisotopic (exact) mass is 779 g/mol. The largest absolute Gasteiger partial charge is 0.508 e. The summed E-state index contributed by atoms with van der Waals surface area (Å²) in [4.78, 5) is 81.9. The molecule has 5 amide bonds. The number of hydrogen-bond donors (Lipinski definition) is 6. The number of carbonyl (C=O) groups excluding carboxylic acids is 6. The van der Waals surface area contributed by atoms with Gasteiger partial charge in [-0.3, -0.25) is 19.2 Å². The van der Waals surface area contributed by atoms with Crippen molar-refractivity contribution >= 4 is 41.9 Å². The number of phenols is 1. The zero-order chi connectivity index (χ0) is 41.8. The number of alkyl carbamates (subject to hydrolysis) is 2. The van der Waals surface area contributed by atoms with Crippen molar-refractivity contribution in [1.82, 2.24) is 26.6 Å². The molecule has 0 aliphatic carbocycles. The van der Waals surface area contributed by atoms with Crippen LogP contribution in [0, 0.1) is 11.8 Å². The molecule has 6 N–H and O–H groups in total. The van der Waals surface area contributed by atoms with Crippen LogP contribution in [0.3, 0.4) is 0 Å². The summed E-state index contributed by atoms with van der Waals surface area (Å²) in [6.45, 7) is 12.5. The third kappa shape index (κ3) is 18.0. The lowest BCUT2D eigenvalue weighted by molar-refractivity contribution is -0.134. The molecule has 0 aliphatic heterocycles. The van der Waals surface area contributed by atoms with Crippen molar-refractivity contribution in [1.29, 1.82) is 0 Å². The zero-order valence-corrected chi connectivity index (χ0v) is 33.3. The number of phenolic OH excluding ortho intramolecular Hbond substituents is 1. The lowest BCUT2D eigenvalue weighted by atomic mass is 9.99. The minimum Gasteiger partial charge on any atom is -0.508 e. The number of Topliss-reactive ketones (excluding diaryl/α,β-unsaturated/α-hetero) is 1. The van der Waals surface area contributed by atoms with E-state index in [-0.39, 0.29) is 44.1 Å². The first kappa shape index (κ1) is 46.4. The van der Waals surface area contributed by atoms with Crippen LogP contribution in [0.1, 0.15) is 85.3 Å². The van der Waals surface area contributed by atoms with E-state index >= 15 is 0 Å². The molecule has 0 heterocycles. The molecule has 2 rings (SSSR count). The standard InChI is InChI=1S/C40H57N7O9/c1-25(2)21-32(36(51)45-31(33(49)23-43-41)22-27-16-18-29(48)19-17-27)46-35(50)30(44-37(52)34(26(3)4)47-39(54)56-40(5,6)7)15-11-12-20-42-38(53)55-24-28-13-9-8-10-14-28/h8-10,13-14,16-19,23,25-26,30-32,34,48H,11-12,15,20-22,24H2,1-7H3,(H,42,53)(H,44,52)(H,45,51)(H,46,50)(H,47,54)/t30-,31-,32-,34-/m0/s1. The molecule has 0 saturated heterocycles. The van der Waals surface area contributed by atoms with Crippen molar-refractivity contribution in [2.45, 2.75) is 117 Å². The van der Waals surface area contributed by atoms with Crippen LogP contribution in [0.15, 0.2) is 54.6 Å². The van der Waals surface area contributed by atoms with Crippen LogP contribution < -0.4 is 26.6 Å². The number of amides is 5. The first-order chi connectivity index (χ1) is 26.4. The van der Waals surface area contributed by atoms with Crippen molar-refractivity contribution in [2.75, 3.05) is 6.54 Å². The Morgan fingerprint density at radius 3 is 1.96 bits per heavy atom. The van der Waals surface area contributed by atoms with Crippen LogP contribution in [-0.4, -0.2) is 88.1 Å². The van der Waals surface area contributed by atoms with Crippen molar-refractivity contribution in [3.63, 3.8) is 0 Å². The number of aromatic hydroxyl groups is 1. The predicted octanol–water partition coefficient (Wildman–Crippen LogP) is 3.95. The van der Waals surface area contributed by atoms with Crippen LogP contribution in [0.5, 0.6) is 5.75 Å². The molecular formula is C40H57N7O9. The number of ketones is 1. The molecule has 0 unspecified atom stereocenters. The second-order valence-electron chi connectivity index (χ2n) is 15.2. The average molecular weight is 780 g/mol. The van der Waals surface area contributed by atoms with Crippen molar-refractivity contribution in [3.05, 3.63) is 71.3 Å². The summed E-state index contributed by atoms with van der Waals surface area (Å²) in [5, 5.41) is 23.0. The molecule has 0 fully saturated rings. The van der Waals surface area contributed by atoms with Gasteiger partial charge in [-0.25, -0.2) is 9.59 Å². The van der Waals surface area contributed by atoms with E-state index in [1.54, 1.807) is 46.8 Å². The molecule has 16 heteroatoms. The fourth-order valence-corrected chi connectivity index (χ4v) is 5.42. The summed E-state index contributed by atoms with van der Waals surface area (Å²) in [5.74, 6) is -3.22. The van der Waals surface area contributed by atoms with E-state index in [1.165, 1.54) is 12.1 Å². The number of hydrogen-bond acceptors (Lipinski definition) is 9. The van der Waals surface area contributed by atoms with E-state index < -0.39 is 71.4 Å². The third-order valence-electron chi connectivity index (χ3n) is 8.22. The molecule has 0 radical (unpaired) electrons. The average Bonchev–Trinajstić information content (AvgIpc) is 3.12. The summed E-state index contributed by atoms with van der Waals surface area (Å²) in [5.41, 5.74) is 9.63. The highest BCUT2D eigenvalue weighted by molar-refractivity contribution is 6.28. The highest BCUT2D eigenvalue weighted by Crippen LogP contribution is 2.14. The number of nitrogens with zero attached hydrogens (tertiary/aromatic N) is 2. The predicted molar refractivity (Wildman–Crippen MR) is 208 cm³/mol. The number of ether oxygens (including phenoxy) is 2. The lowest BCUT2D eigenvalue weighted by Gasteiger charge is -2.28. The lowest BCUT2D eigenvalue weighted by Crippen LogP contribution is -2.59. The van der Waals surface area contributed by atoms with Gasteiger partial charge < -0.3 is 46.7 Å². The molecule has 0 saturated carbocycles. The molecule has 2 aromatic rings. The van der Waals surface area contributed by atoms with Crippen LogP contribution in [0.25, 0.3) is 5.53 Å². The Morgan fingerprint density at radius 1 is 0.768 bits per heavy atom. The van der Waals surface area contributed by atoms with Crippen molar-refractivity contribution in [2.24, 2.45) is 11.8 Å². The van der Waals surface area contributed by atoms with E-state index in [9.17, 15) is 33.9 Å². The minimum atomic E-state index is -1.18. The quantitative estimate of drug-likeness (QED) is 0.0465. The maximum atomic E-state index is 14.0. The molecule has 0 aromatic heterocycles. The minimum absolute atomic E-state index is 0.00697. The van der Waals surface area contributed by atoms with E-state index in [0.29, 0.717) is 24.6 Å². The number of rotatable bonds is 21. The molecule has 56 heavy (non-hydrogen) atoms. The first-order valence-electron chi connectivity index (χ1n) is 18.7. The van der Waals surface area contributed by atoms with Gasteiger partial charge in [0.1, 0.15) is 42.1 Å². The van der Waals surface area contributed by atoms with Gasteiger partial charge in [0.15, 0.2) is 0 Å². The summed E-state index contributed by atoms with van der Waals surface area (Å²) in [7, 11) is 0. The Morgan fingerprint density at radius 2 is 1.38 bits per heavy atom. The van der Waals surface area contributed by atoms with Crippen LogP contribution in [0.2, 0.25) is 0 Å². The molecule has 0 spiro atoms. The fourth-order valence-electron chi connectivity index (χ4n) is 5.42. The Kier molecular flexibility index (Phi) is 19.2. The van der Waals surface area contributed by atoms with E-state index in [1.807, 2.05) is 44.2 Å². The van der Waals surface area contributed by atoms with Gasteiger partial charge in [0.05, 0.1) is 0 Å². The summed E-state index contributed by atoms with van der Waals surface area (Å²) >= 11 is 0. The second kappa shape index (κ2) is 23.2. The van der Waals surface area contributed by atoms with Gasteiger partial charge in [-0.1, -0.05) is 70.2 Å². The van der Waals surface area contributed by atoms with Crippen molar-refractivity contribution in [3.8, 4) is 5.75 Å². The molecule has 0 bridgehead atoms. The number of carbonyl (C=O) groups is 6. The molecular weight excluding hydrogens is 722 g/mol. The second-order valence-corrected chi connectivity index (χ2v) is 15.2. The van der Waals surface area contributed by atoms with E-state index in [0.717, 1.165) is 5.56 Å². The molecule has 2 aromatic carbocycles. The Hall–Kier alpha value is -5.76. The summed E-state index contributed by atoms with van der Waals surface area (Å²) < 4.78 is 10.6. The highest BCUT2D eigenvalue weighted by atomic mass is 16.6. The van der Waals surface area contributed by atoms with Gasteiger partial charge in [0.25, 0.3) is 5.78 Å². The molecule has 16 nitrogen and oxygen atoms in total. The SMILES string of the molecule is CC(C)C[C@H](NC(=O)[C@H](CCCCNC(=O)OCc1ccccc1)NC(=O)[C@@H](NC(=O)OC(C)(C)C)C(C)C)C(=O)N[C@@H](Cc1ccc(O)cc1)C(=O)C=[N+]=[N-]. The van der Waals surface area contributed by atoms with E-state index in [2.05, 4.69) is 31.4 Å². The topological polar surface area (TPSA) is 238 Å². The maximum absolute atomic E-state index is 14.0. The van der Waals surface area contributed by atoms with Crippen LogP contribution in [-0.2, 0) is 41.7 Å². The van der Waals surface area contributed by atoms with Gasteiger partial charge in [-0.2, -0.15) is 4.79 Å². The van der Waals surface area contributed by atoms with Gasteiger partial charge in [0.2, 0.25) is 17.7 Å². The third-order valence-corrected chi connectivity index (χ3v) is 8.22. The zero-order valence-electron chi connectivity index (χ0n) is 33.3. The van der Waals surface area contributed by atoms with Gasteiger partial charge >= 0.3 is 18.4 Å². The Balaban J connectivity index is 2.24. The number of unbranched alkanes of at least 4 members (excludes halogenated alkanes) is 1. The van der Waals surface area contributed by atoms with Crippen molar-refractivity contribution < 1.29 is 48.1 Å². The smallest absolute Gasteiger partial charge is 0.408 e. The molecule has 4 atom stereocenters. The number of nitrogens with one attached hydrogen (secondary N) is 5. The van der Waals surface area contributed by atoms with Gasteiger partial charge in [-0.05, 0) is 81.5 Å². The Bertz CT molecular complexity index is 1650. The normalized spacial score (nSPS) is 13.2. The summed E-state index contributed by atoms with van der Waals surface area (Å²) in [6, 6.07) is 10.6. The Labute approximate surface area is 328 Å². The van der Waals surface area contributed by atoms with Gasteiger partial charge in [0, 0.05) is 13.0 Å². The number of benzene rings is 2. The van der Waals surface area contributed by atoms with E-state index in [4.69, 9.17) is 15.0 Å². The van der Waals surface area contributed by atoms with Crippen LogP contribution >= 0.6 is 0 Å². The summed E-state index contributed by atoms with van der Waals surface area (Å²) in [6.07, 6.45) is 0.264. The molecule has 0 aliphatic rings. The fraction of sp³-hybridized carbons (Fsp3) is 0.525. The highest BCUT2D eigenvalue weighted by Gasteiger charge is 2.33. The maximum Gasteiger partial charge on any atom is 0.408 e. The first-order valence-corrected chi connectivity index (χ1v) is 18.7. The van der Waals surface area contributed by atoms with Gasteiger partial charge in [-0.15, -0.1) is 0 Å². The van der Waals surface area contributed by atoms with Crippen LogP contribution in [0.4, 0.5) is 9.59 Å².